The Balaban J connectivity index is 2.20. The number of aromatic nitrogens is 3. The number of nitrogens with zero attached hydrogens (tertiary/aromatic N) is 2. The monoisotopic (exact) mass is 355 g/mol. The SMILES string of the molecule is CSc1nnc(S[C@@H](C)C(=O)c2[nH]c(C)c(C(C)=O)c2C)s1. The van der Waals surface area contributed by atoms with Crippen LogP contribution in [0.3, 0.4) is 0 Å². The minimum absolute atomic E-state index is 0.0284. The summed E-state index contributed by atoms with van der Waals surface area (Å²) in [6, 6.07) is 0. The summed E-state index contributed by atoms with van der Waals surface area (Å²) in [6.07, 6.45) is 1.94. The molecule has 0 bridgehead atoms. The minimum Gasteiger partial charge on any atom is -0.355 e. The Morgan fingerprint density at radius 2 is 1.86 bits per heavy atom. The van der Waals surface area contributed by atoms with E-state index in [9.17, 15) is 9.59 Å². The van der Waals surface area contributed by atoms with Gasteiger partial charge in [-0.25, -0.2) is 0 Å². The van der Waals surface area contributed by atoms with Gasteiger partial charge in [-0.3, -0.25) is 9.59 Å². The third-order valence-electron chi connectivity index (χ3n) is 3.25. The van der Waals surface area contributed by atoms with E-state index in [0.29, 0.717) is 11.3 Å². The zero-order chi connectivity index (χ0) is 16.4. The third-order valence-corrected chi connectivity index (χ3v) is 6.33. The first kappa shape index (κ1) is 17.2. The maximum atomic E-state index is 12.6. The van der Waals surface area contributed by atoms with Gasteiger partial charge in [-0.05, 0) is 39.5 Å². The lowest BCUT2D eigenvalue weighted by Gasteiger charge is -2.07. The van der Waals surface area contributed by atoms with Crippen molar-refractivity contribution in [3.63, 3.8) is 0 Å². The fraction of sp³-hybridized carbons (Fsp3) is 0.429. The molecule has 22 heavy (non-hydrogen) atoms. The molecule has 1 atom stereocenters. The number of nitrogens with one attached hydrogen (secondary N) is 1. The molecule has 0 aliphatic carbocycles. The molecule has 1 N–H and O–H groups in total. The molecular formula is C14H17N3O2S3. The predicted octanol–water partition coefficient (Wildman–Crippen LogP) is 3.77. The first-order valence-corrected chi connectivity index (χ1v) is 9.55. The number of Topliss-reactive ketones (excluding diaryl/α,β-unsaturated/α-hetero) is 2. The van der Waals surface area contributed by atoms with Crippen LogP contribution in [0, 0.1) is 13.8 Å². The van der Waals surface area contributed by atoms with Gasteiger partial charge >= 0.3 is 0 Å². The van der Waals surface area contributed by atoms with Crippen LogP contribution in [0.25, 0.3) is 0 Å². The Morgan fingerprint density at radius 1 is 1.23 bits per heavy atom. The fourth-order valence-electron chi connectivity index (χ4n) is 2.26. The van der Waals surface area contributed by atoms with E-state index in [1.165, 1.54) is 41.8 Å². The summed E-state index contributed by atoms with van der Waals surface area (Å²) >= 11 is 4.41. The van der Waals surface area contributed by atoms with Crippen LogP contribution in [0.1, 0.15) is 46.0 Å². The fourth-order valence-corrected chi connectivity index (χ4v) is 4.90. The van der Waals surface area contributed by atoms with Crippen LogP contribution in [0.15, 0.2) is 8.68 Å². The number of ketones is 2. The molecule has 0 radical (unpaired) electrons. The molecule has 0 aliphatic rings. The topological polar surface area (TPSA) is 75.7 Å². The van der Waals surface area contributed by atoms with Crippen LogP contribution in [0.5, 0.6) is 0 Å². The van der Waals surface area contributed by atoms with Crippen molar-refractivity contribution in [2.45, 2.75) is 41.6 Å². The Kier molecular flexibility index (Phi) is 5.46. The molecule has 0 saturated heterocycles. The highest BCUT2D eigenvalue weighted by Crippen LogP contribution is 2.32. The number of carbonyl (C=O) groups excluding carboxylic acids is 2. The number of rotatable bonds is 6. The van der Waals surface area contributed by atoms with Crippen molar-refractivity contribution in [3.8, 4) is 0 Å². The first-order valence-electron chi connectivity index (χ1n) is 6.63. The second-order valence-electron chi connectivity index (χ2n) is 4.84. The maximum Gasteiger partial charge on any atom is 0.192 e. The van der Waals surface area contributed by atoms with Crippen molar-refractivity contribution < 1.29 is 9.59 Å². The van der Waals surface area contributed by atoms with Crippen LogP contribution in [0.2, 0.25) is 0 Å². The van der Waals surface area contributed by atoms with Crippen molar-refractivity contribution in [2.24, 2.45) is 0 Å². The van der Waals surface area contributed by atoms with Gasteiger partial charge in [-0.15, -0.1) is 10.2 Å². The number of hydrogen-bond donors (Lipinski definition) is 1. The number of aromatic amines is 1. The van der Waals surface area contributed by atoms with Crippen LogP contribution < -0.4 is 0 Å². The summed E-state index contributed by atoms with van der Waals surface area (Å²) in [4.78, 5) is 27.3. The Hall–Kier alpha value is -1.12. The number of H-pyrrole nitrogens is 1. The molecule has 2 rings (SSSR count). The van der Waals surface area contributed by atoms with E-state index in [1.807, 2.05) is 27.0 Å². The van der Waals surface area contributed by atoms with Crippen molar-refractivity contribution in [1.29, 1.82) is 0 Å². The van der Waals surface area contributed by atoms with Crippen molar-refractivity contribution in [1.82, 2.24) is 15.2 Å². The highest BCUT2D eigenvalue weighted by Gasteiger charge is 2.25. The Morgan fingerprint density at radius 3 is 2.36 bits per heavy atom. The largest absolute Gasteiger partial charge is 0.355 e. The van der Waals surface area contributed by atoms with Gasteiger partial charge in [0.05, 0.1) is 10.9 Å². The lowest BCUT2D eigenvalue weighted by Crippen LogP contribution is -2.15. The maximum absolute atomic E-state index is 12.6. The summed E-state index contributed by atoms with van der Waals surface area (Å²) in [6.45, 7) is 6.98. The molecule has 0 aromatic carbocycles. The zero-order valence-electron chi connectivity index (χ0n) is 13.0. The molecule has 118 valence electrons. The normalized spacial score (nSPS) is 12.4. The molecule has 0 saturated carbocycles. The van der Waals surface area contributed by atoms with E-state index in [4.69, 9.17) is 0 Å². The van der Waals surface area contributed by atoms with Gasteiger partial charge in [-0.1, -0.05) is 34.9 Å². The molecule has 0 amide bonds. The number of hydrogen-bond acceptors (Lipinski definition) is 7. The smallest absolute Gasteiger partial charge is 0.192 e. The van der Waals surface area contributed by atoms with Gasteiger partial charge in [0.2, 0.25) is 0 Å². The molecule has 2 heterocycles. The lowest BCUT2D eigenvalue weighted by atomic mass is 10.0. The summed E-state index contributed by atoms with van der Waals surface area (Å²) < 4.78 is 1.66. The quantitative estimate of drug-likeness (QED) is 0.628. The molecule has 0 spiro atoms. The van der Waals surface area contributed by atoms with Gasteiger partial charge in [-0.2, -0.15) is 0 Å². The van der Waals surface area contributed by atoms with E-state index < -0.39 is 0 Å². The van der Waals surface area contributed by atoms with Crippen LogP contribution >= 0.6 is 34.9 Å². The van der Waals surface area contributed by atoms with Crippen LogP contribution in [-0.4, -0.2) is 38.3 Å². The third kappa shape index (κ3) is 3.44. The van der Waals surface area contributed by atoms with E-state index in [0.717, 1.165) is 19.9 Å². The van der Waals surface area contributed by atoms with E-state index in [2.05, 4.69) is 15.2 Å². The summed E-state index contributed by atoms with van der Waals surface area (Å²) in [7, 11) is 0. The van der Waals surface area contributed by atoms with E-state index in [-0.39, 0.29) is 16.8 Å². The van der Waals surface area contributed by atoms with Crippen LogP contribution in [-0.2, 0) is 0 Å². The Bertz CT molecular complexity index is 721. The standard InChI is InChI=1S/C14H17N3O2S3/c1-6-10(8(3)18)7(2)15-11(6)12(19)9(4)21-14-17-16-13(20-5)22-14/h9,15H,1-5H3/t9-/m0/s1. The molecule has 0 fully saturated rings. The average Bonchev–Trinajstić information content (AvgIpc) is 3.02. The minimum atomic E-state index is -0.292. The number of carbonyl (C=O) groups is 2. The van der Waals surface area contributed by atoms with Gasteiger partial charge < -0.3 is 4.98 Å². The molecule has 5 nitrogen and oxygen atoms in total. The highest BCUT2D eigenvalue weighted by molar-refractivity contribution is 8.03. The van der Waals surface area contributed by atoms with Crippen molar-refractivity contribution >= 4 is 46.4 Å². The first-order chi connectivity index (χ1) is 10.3. The predicted molar refractivity (Wildman–Crippen MR) is 91.6 cm³/mol. The molecule has 0 aliphatic heterocycles. The summed E-state index contributed by atoms with van der Waals surface area (Å²) in [5.41, 5.74) is 2.59. The molecular weight excluding hydrogens is 338 g/mol. The van der Waals surface area contributed by atoms with Gasteiger partial charge in [0, 0.05) is 11.3 Å². The molecule has 2 aromatic rings. The molecule has 2 aromatic heterocycles. The second-order valence-corrected chi connectivity index (χ2v) is 8.46. The number of aryl methyl sites for hydroxylation is 1. The highest BCUT2D eigenvalue weighted by atomic mass is 32.2. The molecule has 8 heteroatoms. The Labute approximate surface area is 141 Å². The molecule has 0 unspecified atom stereocenters. The second kappa shape index (κ2) is 6.97. The van der Waals surface area contributed by atoms with Gasteiger partial charge in [0.15, 0.2) is 20.2 Å². The van der Waals surface area contributed by atoms with E-state index in [1.54, 1.807) is 0 Å². The average molecular weight is 356 g/mol. The van der Waals surface area contributed by atoms with Crippen molar-refractivity contribution in [3.05, 3.63) is 22.5 Å². The summed E-state index contributed by atoms with van der Waals surface area (Å²) in [5, 5.41) is 7.80. The van der Waals surface area contributed by atoms with E-state index >= 15 is 0 Å². The van der Waals surface area contributed by atoms with Gasteiger partial charge in [0.1, 0.15) is 0 Å². The van der Waals surface area contributed by atoms with Gasteiger partial charge in [0.25, 0.3) is 0 Å². The lowest BCUT2D eigenvalue weighted by molar-refractivity contribution is 0.0988. The summed E-state index contributed by atoms with van der Waals surface area (Å²) in [5.74, 6) is -0.0571. The number of thioether (sulfide) groups is 2. The van der Waals surface area contributed by atoms with Crippen molar-refractivity contribution in [2.75, 3.05) is 6.26 Å². The van der Waals surface area contributed by atoms with Crippen LogP contribution in [0.4, 0.5) is 0 Å². The zero-order valence-corrected chi connectivity index (χ0v) is 15.5.